The van der Waals surface area contributed by atoms with Crippen LogP contribution in [0.3, 0.4) is 0 Å². The molecule has 0 saturated heterocycles. The van der Waals surface area contributed by atoms with Crippen LogP contribution in [0.15, 0.2) is 36.4 Å². The second kappa shape index (κ2) is 7.11. The van der Waals surface area contributed by atoms with Crippen molar-refractivity contribution in [3.63, 3.8) is 0 Å². The van der Waals surface area contributed by atoms with Crippen molar-refractivity contribution in [3.05, 3.63) is 58.9 Å². The minimum Gasteiger partial charge on any atom is -0.346 e. The number of aryl methyl sites for hydroxylation is 2. The van der Waals surface area contributed by atoms with Crippen molar-refractivity contribution >= 4 is 10.0 Å². The maximum absolute atomic E-state index is 12.2. The first-order chi connectivity index (χ1) is 11.5. The molecule has 1 heterocycles. The van der Waals surface area contributed by atoms with Crippen LogP contribution in [0, 0.1) is 13.8 Å². The lowest BCUT2D eigenvalue weighted by Crippen LogP contribution is -2.26. The Bertz CT molecular complexity index is 790. The minimum absolute atomic E-state index is 0.170. The van der Waals surface area contributed by atoms with Gasteiger partial charge in [-0.15, -0.1) is 0 Å². The fourth-order valence-corrected chi connectivity index (χ4v) is 4.33. The molecule has 130 valence electrons. The quantitative estimate of drug-likeness (QED) is 0.795. The molecular formula is C19H26N2O2S. The molecule has 0 atom stereocenters. The van der Waals surface area contributed by atoms with E-state index in [1.165, 1.54) is 29.8 Å². The van der Waals surface area contributed by atoms with Gasteiger partial charge in [0.2, 0.25) is 10.0 Å². The third kappa shape index (κ3) is 4.28. The minimum atomic E-state index is -3.23. The van der Waals surface area contributed by atoms with Crippen LogP contribution in [0.2, 0.25) is 0 Å². The van der Waals surface area contributed by atoms with E-state index in [-0.39, 0.29) is 5.75 Å². The topological polar surface area (TPSA) is 51.1 Å². The van der Waals surface area contributed by atoms with E-state index >= 15 is 0 Å². The first kappa shape index (κ1) is 17.2. The highest BCUT2D eigenvalue weighted by molar-refractivity contribution is 7.89. The number of hydrogen-bond acceptors (Lipinski definition) is 2. The van der Waals surface area contributed by atoms with E-state index in [1.54, 1.807) is 0 Å². The summed E-state index contributed by atoms with van der Waals surface area (Å²) in [5, 5.41) is 0. The van der Waals surface area contributed by atoms with Gasteiger partial charge in [-0.25, -0.2) is 13.1 Å². The Balaban J connectivity index is 1.52. The average Bonchev–Trinajstić information content (AvgIpc) is 3.33. The van der Waals surface area contributed by atoms with Gasteiger partial charge in [0.15, 0.2) is 0 Å². The van der Waals surface area contributed by atoms with Gasteiger partial charge in [0.05, 0.1) is 5.75 Å². The van der Waals surface area contributed by atoms with Crippen LogP contribution < -0.4 is 4.72 Å². The summed E-state index contributed by atoms with van der Waals surface area (Å²) in [6, 6.07) is 12.7. The van der Waals surface area contributed by atoms with Crippen molar-refractivity contribution in [3.8, 4) is 0 Å². The molecule has 1 aliphatic carbocycles. The number of aromatic nitrogens is 1. The van der Waals surface area contributed by atoms with E-state index in [9.17, 15) is 8.42 Å². The highest BCUT2D eigenvalue weighted by Crippen LogP contribution is 2.38. The summed E-state index contributed by atoms with van der Waals surface area (Å²) < 4.78 is 29.6. The summed E-state index contributed by atoms with van der Waals surface area (Å²) in [6.45, 7) is 4.58. The first-order valence-electron chi connectivity index (χ1n) is 8.65. The number of sulfonamides is 1. The summed E-state index contributed by atoms with van der Waals surface area (Å²) in [6.07, 6.45) is 3.90. The number of nitrogens with zero attached hydrogens (tertiary/aromatic N) is 1. The zero-order chi connectivity index (χ0) is 17.2. The predicted molar refractivity (Wildman–Crippen MR) is 97.6 cm³/mol. The monoisotopic (exact) mass is 346 g/mol. The molecule has 1 aliphatic rings. The second-order valence-electron chi connectivity index (χ2n) is 6.73. The molecule has 2 aromatic rings. The van der Waals surface area contributed by atoms with E-state index in [1.807, 2.05) is 30.3 Å². The summed E-state index contributed by atoms with van der Waals surface area (Å²) in [5.41, 5.74) is 4.70. The molecule has 0 unspecified atom stereocenters. The Labute approximate surface area is 144 Å². The summed E-state index contributed by atoms with van der Waals surface area (Å²) >= 11 is 0. The molecule has 0 bridgehead atoms. The Hall–Kier alpha value is -1.59. The number of benzene rings is 1. The van der Waals surface area contributed by atoms with Crippen LogP contribution >= 0.6 is 0 Å². The zero-order valence-corrected chi connectivity index (χ0v) is 15.3. The highest BCUT2D eigenvalue weighted by Gasteiger charge is 2.27. The normalized spacial score (nSPS) is 14.9. The average molecular weight is 346 g/mol. The summed E-state index contributed by atoms with van der Waals surface area (Å²) in [4.78, 5) is 0. The van der Waals surface area contributed by atoms with Crippen molar-refractivity contribution in [1.82, 2.24) is 9.29 Å². The molecule has 1 aromatic heterocycles. The smallest absolute Gasteiger partial charge is 0.211 e. The van der Waals surface area contributed by atoms with Crippen molar-refractivity contribution in [2.45, 2.75) is 52.1 Å². The van der Waals surface area contributed by atoms with Gasteiger partial charge >= 0.3 is 0 Å². The van der Waals surface area contributed by atoms with Crippen LogP contribution in [-0.4, -0.2) is 18.7 Å². The maximum Gasteiger partial charge on any atom is 0.211 e. The molecule has 0 aliphatic heterocycles. The van der Waals surface area contributed by atoms with Crippen molar-refractivity contribution < 1.29 is 8.42 Å². The lowest BCUT2D eigenvalue weighted by molar-refractivity contribution is 0.578. The van der Waals surface area contributed by atoms with Crippen LogP contribution in [0.5, 0.6) is 0 Å². The van der Waals surface area contributed by atoms with Gasteiger partial charge < -0.3 is 4.57 Å². The summed E-state index contributed by atoms with van der Waals surface area (Å²) in [5.74, 6) is 0.170. The molecule has 1 aromatic carbocycles. The molecule has 4 nitrogen and oxygen atoms in total. The first-order valence-corrected chi connectivity index (χ1v) is 10.3. The molecule has 0 radical (unpaired) electrons. The largest absolute Gasteiger partial charge is 0.346 e. The Kier molecular flexibility index (Phi) is 5.11. The standard InChI is InChI=1S/C19H26N2O2S/c1-15-13-18(16(2)21(15)19-10-11-19)14-20-24(22,23)12-6-9-17-7-4-3-5-8-17/h3-5,7-8,13,19-20H,6,9-12,14H2,1-2H3. The molecule has 1 saturated carbocycles. The fourth-order valence-electron chi connectivity index (χ4n) is 3.29. The maximum atomic E-state index is 12.2. The van der Waals surface area contributed by atoms with E-state index in [0.717, 1.165) is 12.0 Å². The number of hydrogen-bond donors (Lipinski definition) is 1. The fraction of sp³-hybridized carbons (Fsp3) is 0.474. The van der Waals surface area contributed by atoms with Gasteiger partial charge in [0, 0.05) is 24.0 Å². The molecular weight excluding hydrogens is 320 g/mol. The van der Waals surface area contributed by atoms with Gasteiger partial charge in [-0.3, -0.25) is 0 Å². The Morgan fingerprint density at radius 2 is 1.88 bits per heavy atom. The molecule has 3 rings (SSSR count). The lowest BCUT2D eigenvalue weighted by Gasteiger charge is -2.09. The molecule has 0 spiro atoms. The van der Waals surface area contributed by atoms with Crippen molar-refractivity contribution in [2.75, 3.05) is 5.75 Å². The molecule has 1 N–H and O–H groups in total. The van der Waals surface area contributed by atoms with E-state index in [0.29, 0.717) is 19.0 Å². The van der Waals surface area contributed by atoms with Crippen LogP contribution in [0.1, 0.15) is 47.8 Å². The van der Waals surface area contributed by atoms with Crippen molar-refractivity contribution in [1.29, 1.82) is 0 Å². The van der Waals surface area contributed by atoms with Crippen molar-refractivity contribution in [2.24, 2.45) is 0 Å². The number of nitrogens with one attached hydrogen (secondary N) is 1. The van der Waals surface area contributed by atoms with Gasteiger partial charge in [-0.05, 0) is 56.7 Å². The second-order valence-corrected chi connectivity index (χ2v) is 8.65. The summed E-state index contributed by atoms with van der Waals surface area (Å²) in [7, 11) is -3.23. The third-order valence-electron chi connectivity index (χ3n) is 4.71. The molecule has 24 heavy (non-hydrogen) atoms. The number of rotatable bonds is 8. The van der Waals surface area contributed by atoms with Crippen LogP contribution in [-0.2, 0) is 23.0 Å². The van der Waals surface area contributed by atoms with E-state index in [2.05, 4.69) is 29.2 Å². The molecule has 0 amide bonds. The third-order valence-corrected chi connectivity index (χ3v) is 6.12. The molecule has 5 heteroatoms. The lowest BCUT2D eigenvalue weighted by atomic mass is 10.1. The Morgan fingerprint density at radius 3 is 2.54 bits per heavy atom. The van der Waals surface area contributed by atoms with Gasteiger partial charge in [0.25, 0.3) is 0 Å². The van der Waals surface area contributed by atoms with Gasteiger partial charge in [0.1, 0.15) is 0 Å². The Morgan fingerprint density at radius 1 is 1.17 bits per heavy atom. The van der Waals surface area contributed by atoms with Crippen LogP contribution in [0.25, 0.3) is 0 Å². The van der Waals surface area contributed by atoms with Crippen LogP contribution in [0.4, 0.5) is 0 Å². The highest BCUT2D eigenvalue weighted by atomic mass is 32.2. The SMILES string of the molecule is Cc1cc(CNS(=O)(=O)CCCc2ccccc2)c(C)n1C1CC1. The van der Waals surface area contributed by atoms with Gasteiger partial charge in [-0.1, -0.05) is 30.3 Å². The molecule has 1 fully saturated rings. The van der Waals surface area contributed by atoms with Gasteiger partial charge in [-0.2, -0.15) is 0 Å². The zero-order valence-electron chi connectivity index (χ0n) is 14.5. The van der Waals surface area contributed by atoms with E-state index < -0.39 is 10.0 Å². The van der Waals surface area contributed by atoms with E-state index in [4.69, 9.17) is 0 Å². The predicted octanol–water partition coefficient (Wildman–Crippen LogP) is 3.49.